The van der Waals surface area contributed by atoms with E-state index in [4.69, 9.17) is 24.7 Å². The van der Waals surface area contributed by atoms with Gasteiger partial charge < -0.3 is 29.6 Å². The lowest BCUT2D eigenvalue weighted by Gasteiger charge is -2.31. The summed E-state index contributed by atoms with van der Waals surface area (Å²) in [4.78, 5) is 6.48. The van der Waals surface area contributed by atoms with E-state index in [1.165, 1.54) is 0 Å². The van der Waals surface area contributed by atoms with Crippen molar-refractivity contribution in [2.24, 2.45) is 10.7 Å². The second-order valence-electron chi connectivity index (χ2n) is 5.37. The van der Waals surface area contributed by atoms with Crippen LogP contribution in [0.3, 0.4) is 0 Å². The molecule has 0 aromatic heterocycles. The number of hydrogen-bond acceptors (Lipinski definition) is 5. The predicted octanol–water partition coefficient (Wildman–Crippen LogP) is -0.445. The van der Waals surface area contributed by atoms with Crippen molar-refractivity contribution >= 4 is 5.96 Å². The molecule has 0 radical (unpaired) electrons. The number of ether oxygens (including phenoxy) is 4. The van der Waals surface area contributed by atoms with Crippen molar-refractivity contribution < 1.29 is 18.9 Å². The van der Waals surface area contributed by atoms with Crippen molar-refractivity contribution in [3.8, 4) is 0 Å². The third kappa shape index (κ3) is 3.22. The van der Waals surface area contributed by atoms with Crippen molar-refractivity contribution in [3.63, 3.8) is 0 Å². The fourth-order valence-electron chi connectivity index (χ4n) is 2.74. The standard InChI is InChI=1S/C13H23N3O4/c14-12(16-3-7-18-8-4-16)15-9-11-10-19-13(20-11)1-5-17-6-2-13/h11H,1-10H2,(H2,14,15). The molecule has 114 valence electrons. The first-order valence-corrected chi connectivity index (χ1v) is 7.30. The van der Waals surface area contributed by atoms with E-state index in [0.29, 0.717) is 45.5 Å². The molecule has 20 heavy (non-hydrogen) atoms. The minimum atomic E-state index is -0.438. The zero-order valence-corrected chi connectivity index (χ0v) is 11.8. The van der Waals surface area contributed by atoms with Gasteiger partial charge in [0.1, 0.15) is 6.10 Å². The van der Waals surface area contributed by atoms with Crippen LogP contribution in [0.25, 0.3) is 0 Å². The lowest BCUT2D eigenvalue weighted by molar-refractivity contribution is -0.210. The molecular weight excluding hydrogens is 262 g/mol. The van der Waals surface area contributed by atoms with E-state index in [1.807, 2.05) is 4.90 Å². The van der Waals surface area contributed by atoms with Gasteiger partial charge in [-0.05, 0) is 0 Å². The molecule has 3 heterocycles. The Kier molecular flexibility index (Phi) is 4.40. The van der Waals surface area contributed by atoms with Crippen molar-refractivity contribution in [2.75, 3.05) is 52.7 Å². The van der Waals surface area contributed by atoms with Crippen LogP contribution in [0.2, 0.25) is 0 Å². The Morgan fingerprint density at radius 3 is 2.60 bits per heavy atom. The van der Waals surface area contributed by atoms with E-state index in [1.54, 1.807) is 0 Å². The average Bonchev–Trinajstić information content (AvgIpc) is 2.89. The van der Waals surface area contributed by atoms with Gasteiger partial charge in [-0.25, -0.2) is 0 Å². The van der Waals surface area contributed by atoms with Gasteiger partial charge >= 0.3 is 0 Å². The zero-order chi connectivity index (χ0) is 13.8. The summed E-state index contributed by atoms with van der Waals surface area (Å²) in [5.41, 5.74) is 6.00. The highest BCUT2D eigenvalue weighted by Gasteiger charge is 2.42. The van der Waals surface area contributed by atoms with Crippen molar-refractivity contribution in [1.29, 1.82) is 0 Å². The molecule has 0 aromatic carbocycles. The number of morpholine rings is 1. The Hall–Kier alpha value is -0.890. The van der Waals surface area contributed by atoms with Gasteiger partial charge in [0, 0.05) is 25.9 Å². The van der Waals surface area contributed by atoms with E-state index in [2.05, 4.69) is 4.99 Å². The molecule has 3 rings (SSSR count). The third-order valence-corrected chi connectivity index (χ3v) is 3.96. The Balaban J connectivity index is 1.48. The van der Waals surface area contributed by atoms with Crippen LogP contribution in [0.1, 0.15) is 12.8 Å². The van der Waals surface area contributed by atoms with Gasteiger partial charge in [0.15, 0.2) is 11.7 Å². The molecule has 3 fully saturated rings. The minimum Gasteiger partial charge on any atom is -0.381 e. The number of aliphatic imine (C=N–C) groups is 1. The van der Waals surface area contributed by atoms with Crippen molar-refractivity contribution in [3.05, 3.63) is 0 Å². The van der Waals surface area contributed by atoms with Gasteiger partial charge in [-0.3, -0.25) is 4.99 Å². The molecular formula is C13H23N3O4. The maximum atomic E-state index is 6.02. The number of nitrogens with zero attached hydrogens (tertiary/aromatic N) is 2. The van der Waals surface area contributed by atoms with Crippen LogP contribution in [0.5, 0.6) is 0 Å². The topological polar surface area (TPSA) is 78.5 Å². The first-order valence-electron chi connectivity index (χ1n) is 7.30. The SMILES string of the molecule is NC(=NCC1COC2(CCOCC2)O1)N1CCOCC1. The van der Waals surface area contributed by atoms with Crippen molar-refractivity contribution in [1.82, 2.24) is 4.90 Å². The molecule has 3 aliphatic heterocycles. The van der Waals surface area contributed by atoms with Gasteiger partial charge in [0.05, 0.1) is 39.6 Å². The summed E-state index contributed by atoms with van der Waals surface area (Å²) in [6.45, 7) is 5.56. The molecule has 7 heteroatoms. The Morgan fingerprint density at radius 2 is 1.85 bits per heavy atom. The molecule has 0 saturated carbocycles. The Morgan fingerprint density at radius 1 is 1.15 bits per heavy atom. The second-order valence-corrected chi connectivity index (χ2v) is 5.37. The molecule has 3 saturated heterocycles. The van der Waals surface area contributed by atoms with Gasteiger partial charge in [0.25, 0.3) is 0 Å². The summed E-state index contributed by atoms with van der Waals surface area (Å²) in [7, 11) is 0. The molecule has 1 unspecified atom stereocenters. The normalized spacial score (nSPS) is 30.9. The van der Waals surface area contributed by atoms with E-state index in [9.17, 15) is 0 Å². The fraction of sp³-hybridized carbons (Fsp3) is 0.923. The van der Waals surface area contributed by atoms with Crippen LogP contribution in [0, 0.1) is 0 Å². The van der Waals surface area contributed by atoms with E-state index in [0.717, 1.165) is 25.9 Å². The highest BCUT2D eigenvalue weighted by atomic mass is 16.7. The molecule has 7 nitrogen and oxygen atoms in total. The number of rotatable bonds is 2. The number of nitrogens with two attached hydrogens (primary N) is 1. The lowest BCUT2D eigenvalue weighted by atomic mass is 10.1. The molecule has 3 aliphatic rings. The Labute approximate surface area is 119 Å². The highest BCUT2D eigenvalue weighted by molar-refractivity contribution is 5.78. The molecule has 0 aromatic rings. The van der Waals surface area contributed by atoms with Gasteiger partial charge in [-0.2, -0.15) is 0 Å². The summed E-state index contributed by atoms with van der Waals surface area (Å²) in [5, 5.41) is 0. The molecule has 1 atom stereocenters. The van der Waals surface area contributed by atoms with Crippen LogP contribution < -0.4 is 5.73 Å². The maximum Gasteiger partial charge on any atom is 0.191 e. The number of hydrogen-bond donors (Lipinski definition) is 1. The maximum absolute atomic E-state index is 6.02. The summed E-state index contributed by atoms with van der Waals surface area (Å²) in [5.74, 6) is 0.136. The zero-order valence-electron chi connectivity index (χ0n) is 11.8. The van der Waals surface area contributed by atoms with Crippen LogP contribution >= 0.6 is 0 Å². The first kappa shape index (κ1) is 14.1. The van der Waals surface area contributed by atoms with E-state index < -0.39 is 5.79 Å². The summed E-state index contributed by atoms with van der Waals surface area (Å²) in [6, 6.07) is 0. The molecule has 1 spiro atoms. The fourth-order valence-corrected chi connectivity index (χ4v) is 2.74. The third-order valence-electron chi connectivity index (χ3n) is 3.96. The number of guanidine groups is 1. The van der Waals surface area contributed by atoms with Gasteiger partial charge in [0.2, 0.25) is 0 Å². The van der Waals surface area contributed by atoms with Gasteiger partial charge in [-0.15, -0.1) is 0 Å². The highest BCUT2D eigenvalue weighted by Crippen LogP contribution is 2.33. The molecule has 0 bridgehead atoms. The quantitative estimate of drug-likeness (QED) is 0.547. The van der Waals surface area contributed by atoms with Crippen LogP contribution in [0.4, 0.5) is 0 Å². The predicted molar refractivity (Wildman–Crippen MR) is 72.5 cm³/mol. The average molecular weight is 285 g/mol. The summed E-state index contributed by atoms with van der Waals surface area (Å²) in [6.07, 6.45) is 1.59. The summed E-state index contributed by atoms with van der Waals surface area (Å²) < 4.78 is 22.5. The Bertz CT molecular complexity index is 352. The first-order chi connectivity index (χ1) is 9.77. The minimum absolute atomic E-state index is 0.00677. The molecule has 0 aliphatic carbocycles. The largest absolute Gasteiger partial charge is 0.381 e. The van der Waals surface area contributed by atoms with E-state index >= 15 is 0 Å². The van der Waals surface area contributed by atoms with Crippen LogP contribution in [-0.4, -0.2) is 75.4 Å². The monoisotopic (exact) mass is 285 g/mol. The second kappa shape index (κ2) is 6.26. The summed E-state index contributed by atoms with van der Waals surface area (Å²) >= 11 is 0. The van der Waals surface area contributed by atoms with Gasteiger partial charge in [-0.1, -0.05) is 0 Å². The van der Waals surface area contributed by atoms with Crippen LogP contribution in [0.15, 0.2) is 4.99 Å². The van der Waals surface area contributed by atoms with Crippen molar-refractivity contribution in [2.45, 2.75) is 24.7 Å². The molecule has 2 N–H and O–H groups in total. The van der Waals surface area contributed by atoms with Crippen LogP contribution in [-0.2, 0) is 18.9 Å². The molecule has 0 amide bonds. The lowest BCUT2D eigenvalue weighted by Crippen LogP contribution is -2.45. The van der Waals surface area contributed by atoms with E-state index in [-0.39, 0.29) is 6.10 Å². The smallest absolute Gasteiger partial charge is 0.191 e.